The first kappa shape index (κ1) is 21.6. The fourth-order valence-electron chi connectivity index (χ4n) is 3.27. The normalized spacial score (nSPS) is 15.0. The molecule has 2 heterocycles. The lowest BCUT2D eigenvalue weighted by molar-refractivity contribution is 0.0730. The first-order valence-electron chi connectivity index (χ1n) is 9.87. The van der Waals surface area contributed by atoms with Crippen LogP contribution in [0.15, 0.2) is 52.7 Å². The minimum Gasteiger partial charge on any atom is -0.379 e. The van der Waals surface area contributed by atoms with E-state index in [4.69, 9.17) is 4.74 Å². The number of morpholine rings is 1. The van der Waals surface area contributed by atoms with Gasteiger partial charge >= 0.3 is 0 Å². The zero-order chi connectivity index (χ0) is 22.0. The predicted molar refractivity (Wildman–Crippen MR) is 121 cm³/mol. The van der Waals surface area contributed by atoms with Gasteiger partial charge in [0.1, 0.15) is 0 Å². The van der Waals surface area contributed by atoms with E-state index >= 15 is 0 Å². The minimum absolute atomic E-state index is 0.0945. The van der Waals surface area contributed by atoms with E-state index in [2.05, 4.69) is 23.3 Å². The van der Waals surface area contributed by atoms with Gasteiger partial charge in [0, 0.05) is 29.6 Å². The van der Waals surface area contributed by atoms with E-state index in [1.54, 1.807) is 12.1 Å². The van der Waals surface area contributed by atoms with Crippen LogP contribution in [-0.2, 0) is 14.8 Å². The van der Waals surface area contributed by atoms with Crippen molar-refractivity contribution < 1.29 is 17.9 Å². The molecule has 0 spiro atoms. The van der Waals surface area contributed by atoms with Gasteiger partial charge in [-0.25, -0.2) is 13.4 Å². The Morgan fingerprint density at radius 2 is 1.87 bits per heavy atom. The number of benzene rings is 2. The van der Waals surface area contributed by atoms with Crippen LogP contribution < -0.4 is 5.32 Å². The van der Waals surface area contributed by atoms with Crippen LogP contribution in [0.25, 0.3) is 11.3 Å². The molecule has 1 N–H and O–H groups in total. The zero-order valence-electron chi connectivity index (χ0n) is 17.3. The third-order valence-electron chi connectivity index (χ3n) is 5.23. The van der Waals surface area contributed by atoms with Crippen LogP contribution in [-0.4, -0.2) is 49.9 Å². The second kappa shape index (κ2) is 8.88. The largest absolute Gasteiger partial charge is 0.379 e. The van der Waals surface area contributed by atoms with Crippen LogP contribution in [0.1, 0.15) is 21.5 Å². The van der Waals surface area contributed by atoms with Crippen LogP contribution in [0.5, 0.6) is 0 Å². The number of rotatable bonds is 5. The maximum absolute atomic E-state index is 12.9. The van der Waals surface area contributed by atoms with E-state index in [0.717, 1.165) is 11.3 Å². The van der Waals surface area contributed by atoms with Crippen molar-refractivity contribution in [2.75, 3.05) is 31.6 Å². The molecule has 31 heavy (non-hydrogen) atoms. The van der Waals surface area contributed by atoms with Crippen molar-refractivity contribution in [1.29, 1.82) is 0 Å². The molecular weight excluding hydrogens is 434 g/mol. The number of sulfonamides is 1. The fourth-order valence-corrected chi connectivity index (χ4v) is 5.44. The van der Waals surface area contributed by atoms with Crippen LogP contribution >= 0.6 is 11.3 Å². The zero-order valence-corrected chi connectivity index (χ0v) is 18.9. The number of hydrogen-bond acceptors (Lipinski definition) is 6. The van der Waals surface area contributed by atoms with Gasteiger partial charge in [-0.3, -0.25) is 10.1 Å². The number of carbonyl (C=O) groups excluding carboxylic acids is 1. The minimum atomic E-state index is -3.67. The van der Waals surface area contributed by atoms with E-state index in [1.807, 2.05) is 24.4 Å². The molecule has 0 radical (unpaired) electrons. The van der Waals surface area contributed by atoms with E-state index in [0.29, 0.717) is 31.4 Å². The Morgan fingerprint density at radius 3 is 2.61 bits per heavy atom. The standard InChI is InChI=1S/C22H23N3O4S2/c1-15-6-7-17(12-16(15)2)20-14-30-22(23-20)24-21(26)18-4-3-5-19(13-18)31(27,28)25-8-10-29-11-9-25/h3-7,12-14H,8-11H2,1-2H3,(H,23,24,26). The molecule has 1 amide bonds. The molecule has 2 aromatic carbocycles. The molecule has 0 atom stereocenters. The highest BCUT2D eigenvalue weighted by molar-refractivity contribution is 7.89. The first-order chi connectivity index (χ1) is 14.8. The van der Waals surface area contributed by atoms with Crippen molar-refractivity contribution >= 4 is 32.4 Å². The molecule has 0 unspecified atom stereocenters. The molecule has 7 nitrogen and oxygen atoms in total. The average molecular weight is 458 g/mol. The number of amides is 1. The lowest BCUT2D eigenvalue weighted by Crippen LogP contribution is -2.40. The molecule has 0 saturated carbocycles. The molecule has 1 aromatic heterocycles. The summed E-state index contributed by atoms with van der Waals surface area (Å²) in [6.07, 6.45) is 0. The molecule has 1 aliphatic rings. The average Bonchev–Trinajstić information content (AvgIpc) is 3.25. The number of aromatic nitrogens is 1. The summed E-state index contributed by atoms with van der Waals surface area (Å²) < 4.78 is 32.3. The third kappa shape index (κ3) is 4.69. The Labute approximate surface area is 185 Å². The van der Waals surface area contributed by atoms with Gasteiger partial charge in [-0.15, -0.1) is 11.3 Å². The Balaban J connectivity index is 1.51. The lowest BCUT2D eigenvalue weighted by atomic mass is 10.1. The van der Waals surface area contributed by atoms with Gasteiger partial charge in [-0.2, -0.15) is 4.31 Å². The highest BCUT2D eigenvalue weighted by atomic mass is 32.2. The van der Waals surface area contributed by atoms with Gasteiger partial charge in [-0.05, 0) is 49.2 Å². The van der Waals surface area contributed by atoms with Gasteiger partial charge < -0.3 is 4.74 Å². The van der Waals surface area contributed by atoms with E-state index in [1.165, 1.54) is 38.9 Å². The first-order valence-corrected chi connectivity index (χ1v) is 12.2. The second-order valence-electron chi connectivity index (χ2n) is 7.34. The Kier molecular flexibility index (Phi) is 6.19. The van der Waals surface area contributed by atoms with Gasteiger partial charge in [0.15, 0.2) is 5.13 Å². The monoisotopic (exact) mass is 457 g/mol. The second-order valence-corrected chi connectivity index (χ2v) is 10.1. The van der Waals surface area contributed by atoms with Gasteiger partial charge in [0.2, 0.25) is 10.0 Å². The van der Waals surface area contributed by atoms with Crippen LogP contribution in [0.2, 0.25) is 0 Å². The predicted octanol–water partition coefficient (Wildman–Crippen LogP) is 3.70. The summed E-state index contributed by atoms with van der Waals surface area (Å²) in [6.45, 7) is 5.45. The number of aryl methyl sites for hydroxylation is 2. The molecule has 9 heteroatoms. The van der Waals surface area contributed by atoms with Crippen molar-refractivity contribution in [3.8, 4) is 11.3 Å². The van der Waals surface area contributed by atoms with Gasteiger partial charge in [0.05, 0.1) is 23.8 Å². The fraction of sp³-hybridized carbons (Fsp3) is 0.273. The molecule has 1 fully saturated rings. The molecule has 0 bridgehead atoms. The summed E-state index contributed by atoms with van der Waals surface area (Å²) >= 11 is 1.33. The Morgan fingerprint density at radius 1 is 1.10 bits per heavy atom. The number of hydrogen-bond donors (Lipinski definition) is 1. The smallest absolute Gasteiger partial charge is 0.257 e. The molecule has 0 aliphatic carbocycles. The molecule has 1 aliphatic heterocycles. The number of nitrogens with zero attached hydrogens (tertiary/aromatic N) is 2. The number of carbonyl (C=O) groups is 1. The summed E-state index contributed by atoms with van der Waals surface area (Å²) in [5.74, 6) is -0.403. The van der Waals surface area contributed by atoms with Crippen LogP contribution in [0.4, 0.5) is 5.13 Å². The quantitative estimate of drug-likeness (QED) is 0.631. The summed E-state index contributed by atoms with van der Waals surface area (Å²) in [7, 11) is -3.67. The SMILES string of the molecule is Cc1ccc(-c2csc(NC(=O)c3cccc(S(=O)(=O)N4CCOCC4)c3)n2)cc1C. The topological polar surface area (TPSA) is 88.6 Å². The highest BCUT2D eigenvalue weighted by Gasteiger charge is 2.27. The molecule has 3 aromatic rings. The van der Waals surface area contributed by atoms with Crippen LogP contribution in [0.3, 0.4) is 0 Å². The van der Waals surface area contributed by atoms with Crippen molar-refractivity contribution in [1.82, 2.24) is 9.29 Å². The van der Waals surface area contributed by atoms with Gasteiger partial charge in [0.25, 0.3) is 5.91 Å². The van der Waals surface area contributed by atoms with Crippen molar-refractivity contribution in [2.24, 2.45) is 0 Å². The molecule has 1 saturated heterocycles. The Bertz CT molecular complexity index is 1210. The third-order valence-corrected chi connectivity index (χ3v) is 7.88. The number of thiazole rings is 1. The summed E-state index contributed by atoms with van der Waals surface area (Å²) in [5, 5.41) is 5.12. The van der Waals surface area contributed by atoms with E-state index in [-0.39, 0.29) is 10.5 Å². The maximum Gasteiger partial charge on any atom is 0.257 e. The highest BCUT2D eigenvalue weighted by Crippen LogP contribution is 2.27. The maximum atomic E-state index is 12.9. The number of nitrogens with one attached hydrogen (secondary N) is 1. The van der Waals surface area contributed by atoms with Crippen molar-refractivity contribution in [3.63, 3.8) is 0 Å². The van der Waals surface area contributed by atoms with Gasteiger partial charge in [-0.1, -0.05) is 18.2 Å². The summed E-state index contributed by atoms with van der Waals surface area (Å²) in [4.78, 5) is 17.3. The summed E-state index contributed by atoms with van der Waals surface area (Å²) in [6, 6.07) is 12.2. The number of anilines is 1. The van der Waals surface area contributed by atoms with Crippen LogP contribution in [0, 0.1) is 13.8 Å². The van der Waals surface area contributed by atoms with Crippen molar-refractivity contribution in [3.05, 3.63) is 64.5 Å². The number of ether oxygens (including phenoxy) is 1. The molecular formula is C22H23N3O4S2. The molecule has 162 valence electrons. The van der Waals surface area contributed by atoms with Crippen molar-refractivity contribution in [2.45, 2.75) is 18.7 Å². The molecule has 4 rings (SSSR count). The summed E-state index contributed by atoms with van der Waals surface area (Å²) in [5.41, 5.74) is 4.41. The lowest BCUT2D eigenvalue weighted by Gasteiger charge is -2.26. The van der Waals surface area contributed by atoms with E-state index < -0.39 is 15.9 Å². The van der Waals surface area contributed by atoms with E-state index in [9.17, 15) is 13.2 Å². The Hall–Kier alpha value is -2.59.